The molecule has 1 fully saturated rings. The van der Waals surface area contributed by atoms with Crippen LogP contribution in [0.3, 0.4) is 0 Å². The Morgan fingerprint density at radius 1 is 0.405 bits per heavy atom. The largest absolute Gasteiger partial charge is 0.394 e. The number of hydrogen-bond donors (Lipinski definition) is 8. The number of carbonyl (C=O) groups excluding carboxylic acids is 1. The van der Waals surface area contributed by atoms with Crippen molar-refractivity contribution < 1.29 is 50.0 Å². The molecule has 0 bridgehead atoms. The molecule has 11 heteroatoms. The number of rotatable bonds is 66. The molecule has 11 nitrogen and oxygen atoms in total. The summed E-state index contributed by atoms with van der Waals surface area (Å²) in [5.41, 5.74) is 0. The Hall–Kier alpha value is -1.15. The van der Waals surface area contributed by atoms with Crippen LogP contribution in [0.25, 0.3) is 0 Å². The van der Waals surface area contributed by atoms with E-state index in [1.807, 2.05) is 0 Å². The van der Waals surface area contributed by atoms with E-state index in [1.165, 1.54) is 302 Å². The molecule has 0 aromatic heterocycles. The molecule has 1 saturated heterocycles. The van der Waals surface area contributed by atoms with Crippen molar-refractivity contribution in [3.05, 3.63) is 12.2 Å². The molecule has 84 heavy (non-hydrogen) atoms. The van der Waals surface area contributed by atoms with Crippen LogP contribution in [0, 0.1) is 0 Å². The standard InChI is InChI=1S/C73H143NO10/c1-3-5-7-9-11-13-15-17-19-21-23-25-27-29-31-32-33-34-35-37-39-41-43-45-47-49-51-53-55-57-59-61-66(77)72(82)74-64(63-83-73-71(81)70(80)69(79)67(62-75)84-73)68(78)65(76)60-58-56-54-52-50-48-46-44-42-40-38-36-30-28-26-24-22-20-18-16-14-12-10-8-6-4-2/h52,54,64-71,73,75-81H,3-51,53,55-63H2,1-2H3,(H,74,82)/b54-52+. The van der Waals surface area contributed by atoms with Crippen LogP contribution in [0.2, 0.25) is 0 Å². The summed E-state index contributed by atoms with van der Waals surface area (Å²) in [7, 11) is 0. The van der Waals surface area contributed by atoms with E-state index in [0.717, 1.165) is 38.5 Å². The zero-order valence-electron chi connectivity index (χ0n) is 55.4. The molecule has 1 rings (SSSR count). The third-order valence-electron chi connectivity index (χ3n) is 18.3. The van der Waals surface area contributed by atoms with Gasteiger partial charge in [0.25, 0.3) is 0 Å². The lowest BCUT2D eigenvalue weighted by Gasteiger charge is -2.40. The highest BCUT2D eigenvalue weighted by Crippen LogP contribution is 2.24. The molecular weight excluding hydrogens is 1050 g/mol. The molecule has 0 radical (unpaired) electrons. The molecular formula is C73H143NO10. The third-order valence-corrected chi connectivity index (χ3v) is 18.3. The molecule has 1 aliphatic rings. The molecule has 0 saturated carbocycles. The Labute approximate surface area is 519 Å². The second-order valence-corrected chi connectivity index (χ2v) is 26.4. The fourth-order valence-electron chi connectivity index (χ4n) is 12.4. The normalized spacial score (nSPS) is 18.9. The summed E-state index contributed by atoms with van der Waals surface area (Å²) in [6.07, 6.45) is 66.0. The quantitative estimate of drug-likeness (QED) is 0.0215. The van der Waals surface area contributed by atoms with Crippen molar-refractivity contribution in [2.24, 2.45) is 0 Å². The van der Waals surface area contributed by atoms with Gasteiger partial charge in [0.1, 0.15) is 36.6 Å². The van der Waals surface area contributed by atoms with Gasteiger partial charge in [0.15, 0.2) is 6.29 Å². The average Bonchev–Trinajstić information content (AvgIpc) is 3.65. The second-order valence-electron chi connectivity index (χ2n) is 26.4. The molecule has 0 aromatic carbocycles. The van der Waals surface area contributed by atoms with Gasteiger partial charge < -0.3 is 50.5 Å². The van der Waals surface area contributed by atoms with Gasteiger partial charge in [0, 0.05) is 0 Å². The lowest BCUT2D eigenvalue weighted by molar-refractivity contribution is -0.303. The zero-order valence-corrected chi connectivity index (χ0v) is 55.4. The minimum absolute atomic E-state index is 0.260. The van der Waals surface area contributed by atoms with Crippen molar-refractivity contribution in [2.45, 2.75) is 435 Å². The topological polar surface area (TPSA) is 189 Å². The molecule has 8 N–H and O–H groups in total. The van der Waals surface area contributed by atoms with Crippen molar-refractivity contribution in [1.29, 1.82) is 0 Å². The number of unbranched alkanes of at least 4 members (excludes halogenated alkanes) is 52. The molecule has 1 aliphatic heterocycles. The average molecular weight is 1190 g/mol. The van der Waals surface area contributed by atoms with E-state index in [9.17, 15) is 40.5 Å². The van der Waals surface area contributed by atoms with E-state index in [-0.39, 0.29) is 12.8 Å². The Balaban J connectivity index is 2.17. The van der Waals surface area contributed by atoms with Crippen LogP contribution in [-0.4, -0.2) is 110 Å². The fourth-order valence-corrected chi connectivity index (χ4v) is 12.4. The maximum atomic E-state index is 13.3. The number of amides is 1. The van der Waals surface area contributed by atoms with Crippen LogP contribution in [0.5, 0.6) is 0 Å². The highest BCUT2D eigenvalue weighted by molar-refractivity contribution is 5.80. The Morgan fingerprint density at radius 2 is 0.702 bits per heavy atom. The van der Waals surface area contributed by atoms with Gasteiger partial charge in [-0.05, 0) is 38.5 Å². The van der Waals surface area contributed by atoms with Crippen molar-refractivity contribution >= 4 is 5.91 Å². The summed E-state index contributed by atoms with van der Waals surface area (Å²) >= 11 is 0. The first-order valence-electron chi connectivity index (χ1n) is 37.1. The molecule has 9 unspecified atom stereocenters. The predicted octanol–water partition coefficient (Wildman–Crippen LogP) is 18.2. The summed E-state index contributed by atoms with van der Waals surface area (Å²) in [4.78, 5) is 13.3. The maximum absolute atomic E-state index is 13.3. The SMILES string of the molecule is CCCCCCCCCCCCCCCCCCCCCCC/C=C/CCCC(O)C(O)C(COC1OC(CO)C(O)C(O)C1O)NC(=O)C(O)CCCCCCCCCCCCCCCCCCCCCCCCCCCCCCCCC. The van der Waals surface area contributed by atoms with Gasteiger partial charge in [-0.1, -0.05) is 353 Å². The number of allylic oxidation sites excluding steroid dienone is 2. The van der Waals surface area contributed by atoms with Crippen LogP contribution >= 0.6 is 0 Å². The van der Waals surface area contributed by atoms with E-state index < -0.39 is 74.2 Å². The molecule has 1 amide bonds. The molecule has 1 heterocycles. The number of carbonyl (C=O) groups is 1. The summed E-state index contributed by atoms with van der Waals surface area (Å²) in [6.45, 7) is 3.52. The molecule has 0 aromatic rings. The van der Waals surface area contributed by atoms with E-state index in [4.69, 9.17) is 9.47 Å². The van der Waals surface area contributed by atoms with Gasteiger partial charge in [-0.15, -0.1) is 0 Å². The highest BCUT2D eigenvalue weighted by atomic mass is 16.7. The number of aliphatic hydroxyl groups excluding tert-OH is 7. The van der Waals surface area contributed by atoms with E-state index >= 15 is 0 Å². The Morgan fingerprint density at radius 3 is 1.02 bits per heavy atom. The van der Waals surface area contributed by atoms with Crippen molar-refractivity contribution in [3.8, 4) is 0 Å². The number of hydrogen-bond acceptors (Lipinski definition) is 10. The summed E-state index contributed by atoms with van der Waals surface area (Å²) in [5.74, 6) is -0.697. The second kappa shape index (κ2) is 62.1. The van der Waals surface area contributed by atoms with Crippen LogP contribution in [0.1, 0.15) is 380 Å². The van der Waals surface area contributed by atoms with Crippen molar-refractivity contribution in [2.75, 3.05) is 13.2 Å². The lowest BCUT2D eigenvalue weighted by Crippen LogP contribution is -2.60. The summed E-state index contributed by atoms with van der Waals surface area (Å²) < 4.78 is 11.2. The summed E-state index contributed by atoms with van der Waals surface area (Å²) in [6, 6.07) is -1.18. The van der Waals surface area contributed by atoms with Gasteiger partial charge in [0.05, 0.1) is 25.4 Å². The molecule has 500 valence electrons. The maximum Gasteiger partial charge on any atom is 0.249 e. The monoisotopic (exact) mass is 1190 g/mol. The molecule has 9 atom stereocenters. The third kappa shape index (κ3) is 48.7. The fraction of sp³-hybridized carbons (Fsp3) is 0.959. The van der Waals surface area contributed by atoms with Crippen LogP contribution < -0.4 is 5.32 Å². The van der Waals surface area contributed by atoms with Gasteiger partial charge in [-0.2, -0.15) is 0 Å². The van der Waals surface area contributed by atoms with Crippen molar-refractivity contribution in [1.82, 2.24) is 5.32 Å². The zero-order chi connectivity index (χ0) is 61.0. The van der Waals surface area contributed by atoms with Gasteiger partial charge >= 0.3 is 0 Å². The summed E-state index contributed by atoms with van der Waals surface area (Å²) in [5, 5.41) is 76.6. The first kappa shape index (κ1) is 80.9. The Kier molecular flexibility index (Phi) is 59.7. The van der Waals surface area contributed by atoms with Gasteiger partial charge in [0.2, 0.25) is 5.91 Å². The minimum Gasteiger partial charge on any atom is -0.394 e. The van der Waals surface area contributed by atoms with E-state index in [2.05, 4.69) is 31.3 Å². The minimum atomic E-state index is -1.67. The van der Waals surface area contributed by atoms with Gasteiger partial charge in [-0.3, -0.25) is 4.79 Å². The smallest absolute Gasteiger partial charge is 0.249 e. The number of nitrogens with one attached hydrogen (secondary N) is 1. The van der Waals surface area contributed by atoms with Crippen LogP contribution in [0.15, 0.2) is 12.2 Å². The molecule has 0 spiro atoms. The number of aliphatic hydroxyl groups is 7. The first-order chi connectivity index (χ1) is 41.2. The number of ether oxygens (including phenoxy) is 2. The predicted molar refractivity (Wildman–Crippen MR) is 353 cm³/mol. The van der Waals surface area contributed by atoms with E-state index in [1.54, 1.807) is 0 Å². The lowest BCUT2D eigenvalue weighted by atomic mass is 9.98. The van der Waals surface area contributed by atoms with Crippen LogP contribution in [-0.2, 0) is 14.3 Å². The van der Waals surface area contributed by atoms with E-state index in [0.29, 0.717) is 12.8 Å². The highest BCUT2D eigenvalue weighted by Gasteiger charge is 2.44. The van der Waals surface area contributed by atoms with Crippen molar-refractivity contribution in [3.63, 3.8) is 0 Å². The first-order valence-corrected chi connectivity index (χ1v) is 37.1. The molecule has 0 aliphatic carbocycles. The van der Waals surface area contributed by atoms with Gasteiger partial charge in [-0.25, -0.2) is 0 Å². The Bertz CT molecular complexity index is 1370. The van der Waals surface area contributed by atoms with Crippen LogP contribution in [0.4, 0.5) is 0 Å².